The van der Waals surface area contributed by atoms with Gasteiger partial charge in [-0.3, -0.25) is 9.78 Å². The number of aromatic nitrogens is 1. The molecule has 2 N–H and O–H groups in total. The van der Waals surface area contributed by atoms with E-state index in [1.165, 1.54) is 0 Å². The minimum Gasteiger partial charge on any atom is -0.507 e. The first-order chi connectivity index (χ1) is 13.6. The summed E-state index contributed by atoms with van der Waals surface area (Å²) in [4.78, 5) is 18.0. The molecule has 1 aromatic carbocycles. The Bertz CT molecular complexity index is 843. The number of ketones is 1. The van der Waals surface area contributed by atoms with Crippen LogP contribution in [0.25, 0.3) is 6.08 Å². The zero-order valence-corrected chi connectivity index (χ0v) is 16.1. The van der Waals surface area contributed by atoms with E-state index in [1.807, 2.05) is 6.07 Å². The van der Waals surface area contributed by atoms with Crippen LogP contribution in [-0.2, 0) is 16.0 Å². The van der Waals surface area contributed by atoms with Crippen molar-refractivity contribution >= 4 is 11.9 Å². The molecule has 148 valence electrons. The number of hydrogen-bond acceptors (Lipinski definition) is 6. The minimum atomic E-state index is -0.199. The van der Waals surface area contributed by atoms with Gasteiger partial charge in [-0.1, -0.05) is 6.07 Å². The molecule has 7 nitrogen and oxygen atoms in total. The first kappa shape index (κ1) is 20.0. The van der Waals surface area contributed by atoms with Gasteiger partial charge < -0.3 is 24.2 Å². The van der Waals surface area contributed by atoms with E-state index in [2.05, 4.69) is 4.98 Å². The lowest BCUT2D eigenvalue weighted by Gasteiger charge is -2.20. The second-order valence-electron chi connectivity index (χ2n) is 6.58. The number of pyridine rings is 1. The summed E-state index contributed by atoms with van der Waals surface area (Å²) in [6.45, 7) is 3.15. The van der Waals surface area contributed by atoms with E-state index >= 15 is 0 Å². The molecule has 0 saturated heterocycles. The van der Waals surface area contributed by atoms with Gasteiger partial charge in [0.15, 0.2) is 11.5 Å². The van der Waals surface area contributed by atoms with Crippen LogP contribution in [0.1, 0.15) is 21.5 Å². The second-order valence-corrected chi connectivity index (χ2v) is 6.58. The molecule has 28 heavy (non-hydrogen) atoms. The van der Waals surface area contributed by atoms with Crippen LogP contribution in [0.3, 0.4) is 0 Å². The van der Waals surface area contributed by atoms with Gasteiger partial charge in [0.25, 0.3) is 0 Å². The van der Waals surface area contributed by atoms with Crippen molar-refractivity contribution in [3.63, 3.8) is 0 Å². The number of carbonyl (C=O) groups excluding carboxylic acids is 1. The number of rotatable bonds is 9. The van der Waals surface area contributed by atoms with Crippen molar-refractivity contribution in [1.82, 2.24) is 4.98 Å². The largest absolute Gasteiger partial charge is 0.507 e. The number of fused-ring (bicyclic) bond motifs is 1. The van der Waals surface area contributed by atoms with Gasteiger partial charge >= 0.3 is 0 Å². The first-order valence-electron chi connectivity index (χ1n) is 9.14. The number of phenolic OH excluding ortho intramolecular Hbond substituents is 1. The SMILES string of the molecule is COCC[NH+](CCOC)Cc1c(O)ccc2c1O/C(=C\c1cccnc1)C2=O. The third-order valence-electron chi connectivity index (χ3n) is 4.64. The normalized spacial score (nSPS) is 14.5. The highest BCUT2D eigenvalue weighted by Crippen LogP contribution is 2.39. The summed E-state index contributed by atoms with van der Waals surface area (Å²) in [6.07, 6.45) is 4.99. The average molecular weight is 385 g/mol. The molecule has 0 radical (unpaired) electrons. The fraction of sp³-hybridized carbons (Fsp3) is 0.333. The van der Waals surface area contributed by atoms with E-state index in [0.717, 1.165) is 23.6 Å². The number of ether oxygens (including phenoxy) is 3. The highest BCUT2D eigenvalue weighted by atomic mass is 16.5. The van der Waals surface area contributed by atoms with E-state index in [1.54, 1.807) is 50.9 Å². The number of Topliss-reactive ketones (excluding diaryl/α,β-unsaturated/α-hetero) is 1. The Morgan fingerprint density at radius 3 is 2.57 bits per heavy atom. The summed E-state index contributed by atoms with van der Waals surface area (Å²) < 4.78 is 16.3. The third kappa shape index (κ3) is 4.56. The van der Waals surface area contributed by atoms with Gasteiger partial charge in [-0.25, -0.2) is 0 Å². The lowest BCUT2D eigenvalue weighted by atomic mass is 10.0. The standard InChI is InChI=1S/C21H24N2O5/c1-26-10-8-23(9-11-27-2)14-17-18(24)6-5-16-20(25)19(28-21(16)17)12-15-4-3-7-22-13-15/h3-7,12-13,24H,8-11,14H2,1-2H3/p+1/b19-12-. The minimum absolute atomic E-state index is 0.113. The fourth-order valence-corrected chi connectivity index (χ4v) is 3.12. The van der Waals surface area contributed by atoms with Crippen molar-refractivity contribution in [3.8, 4) is 11.5 Å². The van der Waals surface area contributed by atoms with Gasteiger partial charge in [0.05, 0.1) is 24.3 Å². The van der Waals surface area contributed by atoms with E-state index in [9.17, 15) is 9.90 Å². The lowest BCUT2D eigenvalue weighted by molar-refractivity contribution is -0.914. The van der Waals surface area contributed by atoms with Crippen LogP contribution < -0.4 is 9.64 Å². The van der Waals surface area contributed by atoms with E-state index in [4.69, 9.17) is 14.2 Å². The summed E-state index contributed by atoms with van der Waals surface area (Å²) in [5, 5.41) is 10.4. The molecule has 0 atom stereocenters. The van der Waals surface area contributed by atoms with Gasteiger partial charge in [-0.05, 0) is 29.8 Å². The Balaban J connectivity index is 1.88. The predicted octanol–water partition coefficient (Wildman–Crippen LogP) is 1.08. The Morgan fingerprint density at radius 2 is 1.93 bits per heavy atom. The predicted molar refractivity (Wildman–Crippen MR) is 103 cm³/mol. The van der Waals surface area contributed by atoms with Crippen LogP contribution in [0.15, 0.2) is 42.4 Å². The Hall–Kier alpha value is -2.74. The van der Waals surface area contributed by atoms with Crippen molar-refractivity contribution in [2.45, 2.75) is 6.54 Å². The molecule has 0 aliphatic carbocycles. The monoisotopic (exact) mass is 385 g/mol. The first-order valence-corrected chi connectivity index (χ1v) is 9.14. The lowest BCUT2D eigenvalue weighted by Crippen LogP contribution is -3.11. The van der Waals surface area contributed by atoms with Crippen molar-refractivity contribution in [2.75, 3.05) is 40.5 Å². The van der Waals surface area contributed by atoms with Crippen LogP contribution in [-0.4, -0.2) is 56.4 Å². The molecule has 1 aromatic heterocycles. The second kappa shape index (κ2) is 9.45. The topological polar surface area (TPSA) is 82.3 Å². The van der Waals surface area contributed by atoms with Crippen molar-refractivity contribution < 1.29 is 29.0 Å². The molecular formula is C21H25N2O5+. The quantitative estimate of drug-likeness (QED) is 0.629. The van der Waals surface area contributed by atoms with Crippen LogP contribution in [0.4, 0.5) is 0 Å². The smallest absolute Gasteiger partial charge is 0.231 e. The van der Waals surface area contributed by atoms with E-state index < -0.39 is 0 Å². The number of allylic oxidation sites excluding steroid dienone is 1. The number of hydrogen-bond donors (Lipinski definition) is 2. The molecule has 7 heteroatoms. The van der Waals surface area contributed by atoms with Crippen molar-refractivity contribution in [1.29, 1.82) is 0 Å². The molecule has 2 aromatic rings. The fourth-order valence-electron chi connectivity index (χ4n) is 3.12. The van der Waals surface area contributed by atoms with Crippen LogP contribution in [0, 0.1) is 0 Å². The van der Waals surface area contributed by atoms with Crippen molar-refractivity contribution in [3.05, 3.63) is 59.1 Å². The van der Waals surface area contributed by atoms with E-state index in [-0.39, 0.29) is 17.3 Å². The zero-order chi connectivity index (χ0) is 19.9. The molecule has 0 amide bonds. The number of aromatic hydroxyl groups is 1. The van der Waals surface area contributed by atoms with Gasteiger partial charge in [0.1, 0.15) is 25.4 Å². The average Bonchev–Trinajstić information content (AvgIpc) is 3.02. The number of nitrogens with one attached hydrogen (secondary N) is 1. The number of phenols is 1. The molecule has 2 heterocycles. The number of carbonyl (C=O) groups is 1. The molecule has 0 fully saturated rings. The van der Waals surface area contributed by atoms with Gasteiger partial charge in [-0.15, -0.1) is 0 Å². The summed E-state index contributed by atoms with van der Waals surface area (Å²) in [7, 11) is 3.31. The number of benzene rings is 1. The molecule has 0 spiro atoms. The molecule has 1 aliphatic heterocycles. The third-order valence-corrected chi connectivity index (χ3v) is 4.64. The maximum atomic E-state index is 12.8. The number of methoxy groups -OCH3 is 2. The molecule has 3 rings (SSSR count). The molecule has 0 unspecified atom stereocenters. The Kier molecular flexibility index (Phi) is 6.76. The van der Waals surface area contributed by atoms with Crippen LogP contribution in [0.2, 0.25) is 0 Å². The summed E-state index contributed by atoms with van der Waals surface area (Å²) in [6, 6.07) is 6.79. The summed E-state index contributed by atoms with van der Waals surface area (Å²) in [5.74, 6) is 0.564. The van der Waals surface area contributed by atoms with Crippen LogP contribution in [0.5, 0.6) is 11.5 Å². The maximum Gasteiger partial charge on any atom is 0.231 e. The molecule has 0 saturated carbocycles. The Morgan fingerprint density at radius 1 is 1.18 bits per heavy atom. The maximum absolute atomic E-state index is 12.8. The number of nitrogens with zero attached hydrogens (tertiary/aromatic N) is 1. The van der Waals surface area contributed by atoms with E-state index in [0.29, 0.717) is 36.6 Å². The summed E-state index contributed by atoms with van der Waals surface area (Å²) >= 11 is 0. The van der Waals surface area contributed by atoms with Crippen molar-refractivity contribution in [2.24, 2.45) is 0 Å². The number of quaternary nitrogens is 1. The van der Waals surface area contributed by atoms with Crippen LogP contribution >= 0.6 is 0 Å². The highest BCUT2D eigenvalue weighted by Gasteiger charge is 2.32. The highest BCUT2D eigenvalue weighted by molar-refractivity contribution is 6.14. The van der Waals surface area contributed by atoms with Gasteiger partial charge in [0, 0.05) is 26.6 Å². The molecular weight excluding hydrogens is 360 g/mol. The summed E-state index contributed by atoms with van der Waals surface area (Å²) in [5.41, 5.74) is 1.85. The molecule has 0 bridgehead atoms. The van der Waals surface area contributed by atoms with Gasteiger partial charge in [-0.2, -0.15) is 0 Å². The Labute approximate surface area is 164 Å². The zero-order valence-electron chi connectivity index (χ0n) is 16.1. The van der Waals surface area contributed by atoms with Gasteiger partial charge in [0.2, 0.25) is 5.78 Å². The molecule has 1 aliphatic rings.